The van der Waals surface area contributed by atoms with E-state index in [-0.39, 0.29) is 0 Å². The second-order valence-corrected chi connectivity index (χ2v) is 4.25. The summed E-state index contributed by atoms with van der Waals surface area (Å²) in [4.78, 5) is 8.78. The second-order valence-electron chi connectivity index (χ2n) is 4.25. The Labute approximate surface area is 98.1 Å². The molecule has 0 spiro atoms. The molecular formula is C12H22N4. The van der Waals surface area contributed by atoms with Gasteiger partial charge in [-0.2, -0.15) is 0 Å². The first kappa shape index (κ1) is 12.9. The fourth-order valence-electron chi connectivity index (χ4n) is 1.58. The Hall–Kier alpha value is -1.13. The third-order valence-corrected chi connectivity index (χ3v) is 2.53. The molecule has 0 saturated heterocycles. The van der Waals surface area contributed by atoms with Crippen LogP contribution in [0.5, 0.6) is 0 Å². The Morgan fingerprint density at radius 2 is 2.00 bits per heavy atom. The van der Waals surface area contributed by atoms with Crippen molar-refractivity contribution >= 4 is 5.82 Å². The van der Waals surface area contributed by atoms with Gasteiger partial charge in [0.1, 0.15) is 5.82 Å². The van der Waals surface area contributed by atoms with Crippen molar-refractivity contribution < 1.29 is 0 Å². The van der Waals surface area contributed by atoms with Gasteiger partial charge in [-0.15, -0.1) is 0 Å². The molecular weight excluding hydrogens is 200 g/mol. The number of hydrogen-bond acceptors (Lipinski definition) is 4. The van der Waals surface area contributed by atoms with Gasteiger partial charge in [-0.1, -0.05) is 6.07 Å². The molecule has 0 radical (unpaired) electrons. The first-order chi connectivity index (χ1) is 7.65. The average Bonchev–Trinajstić information content (AvgIpc) is 2.27. The van der Waals surface area contributed by atoms with Gasteiger partial charge in [0.15, 0.2) is 0 Å². The van der Waals surface area contributed by atoms with Crippen LogP contribution in [-0.2, 0) is 6.42 Å². The second kappa shape index (κ2) is 6.45. The smallest absolute Gasteiger partial charge is 0.131 e. The molecule has 1 aromatic rings. The van der Waals surface area contributed by atoms with Crippen LogP contribution in [0.2, 0.25) is 0 Å². The lowest BCUT2D eigenvalue weighted by atomic mass is 10.2. The van der Waals surface area contributed by atoms with E-state index in [1.807, 2.05) is 12.3 Å². The van der Waals surface area contributed by atoms with Gasteiger partial charge in [0.2, 0.25) is 0 Å². The highest BCUT2D eigenvalue weighted by atomic mass is 15.2. The van der Waals surface area contributed by atoms with Crippen molar-refractivity contribution in [1.82, 2.24) is 9.88 Å². The number of anilines is 1. The lowest BCUT2D eigenvalue weighted by molar-refractivity contribution is 0.416. The predicted molar refractivity (Wildman–Crippen MR) is 68.8 cm³/mol. The van der Waals surface area contributed by atoms with E-state index in [0.29, 0.717) is 6.54 Å². The van der Waals surface area contributed by atoms with E-state index in [0.717, 1.165) is 25.3 Å². The molecule has 0 saturated carbocycles. The molecule has 0 bridgehead atoms. The van der Waals surface area contributed by atoms with Crippen LogP contribution >= 0.6 is 0 Å². The standard InChI is InChI=1S/C12H22N4/c1-15(2)9-10-16(3)12-11(6-7-13)5-4-8-14-12/h4-5,8H,6-7,9-10,13H2,1-3H3. The normalized spacial score (nSPS) is 10.8. The van der Waals surface area contributed by atoms with Gasteiger partial charge in [-0.3, -0.25) is 0 Å². The van der Waals surface area contributed by atoms with Crippen LogP contribution in [0.1, 0.15) is 5.56 Å². The minimum absolute atomic E-state index is 0.667. The van der Waals surface area contributed by atoms with Gasteiger partial charge in [0, 0.05) is 26.3 Å². The lowest BCUT2D eigenvalue weighted by Crippen LogP contribution is -2.29. The molecule has 0 amide bonds. The number of rotatable bonds is 6. The summed E-state index contributed by atoms with van der Waals surface area (Å²) >= 11 is 0. The molecule has 4 nitrogen and oxygen atoms in total. The van der Waals surface area contributed by atoms with Gasteiger partial charge in [-0.25, -0.2) is 4.98 Å². The number of nitrogens with zero attached hydrogens (tertiary/aromatic N) is 3. The summed E-state index contributed by atoms with van der Waals surface area (Å²) in [5, 5.41) is 0. The minimum atomic E-state index is 0.667. The summed E-state index contributed by atoms with van der Waals surface area (Å²) in [6.45, 7) is 2.66. The zero-order valence-corrected chi connectivity index (χ0v) is 10.5. The average molecular weight is 222 g/mol. The maximum atomic E-state index is 5.60. The summed E-state index contributed by atoms with van der Waals surface area (Å²) < 4.78 is 0. The van der Waals surface area contributed by atoms with Crippen molar-refractivity contribution in [3.05, 3.63) is 23.9 Å². The molecule has 0 aliphatic carbocycles. The van der Waals surface area contributed by atoms with E-state index in [9.17, 15) is 0 Å². The summed E-state index contributed by atoms with van der Waals surface area (Å²) in [5.74, 6) is 1.05. The molecule has 0 unspecified atom stereocenters. The number of likely N-dealkylation sites (N-methyl/N-ethyl adjacent to an activating group) is 2. The zero-order chi connectivity index (χ0) is 12.0. The lowest BCUT2D eigenvalue weighted by Gasteiger charge is -2.22. The van der Waals surface area contributed by atoms with E-state index in [4.69, 9.17) is 5.73 Å². The molecule has 0 fully saturated rings. The number of pyridine rings is 1. The third kappa shape index (κ3) is 3.79. The Kier molecular flexibility index (Phi) is 5.22. The Morgan fingerprint density at radius 1 is 1.25 bits per heavy atom. The third-order valence-electron chi connectivity index (χ3n) is 2.53. The van der Waals surface area contributed by atoms with Gasteiger partial charge in [-0.05, 0) is 38.7 Å². The quantitative estimate of drug-likeness (QED) is 0.765. The van der Waals surface area contributed by atoms with Crippen LogP contribution in [-0.4, -0.2) is 50.7 Å². The van der Waals surface area contributed by atoms with E-state index in [1.54, 1.807) is 0 Å². The van der Waals surface area contributed by atoms with Gasteiger partial charge >= 0.3 is 0 Å². The Balaban J connectivity index is 2.69. The molecule has 4 heteroatoms. The molecule has 1 rings (SSSR count). The summed E-state index contributed by atoms with van der Waals surface area (Å²) in [7, 11) is 6.23. The Bertz CT molecular complexity index is 312. The molecule has 0 aliphatic heterocycles. The molecule has 1 aromatic heterocycles. The van der Waals surface area contributed by atoms with Crippen LogP contribution in [0.4, 0.5) is 5.82 Å². The molecule has 2 N–H and O–H groups in total. The monoisotopic (exact) mass is 222 g/mol. The molecule has 0 atom stereocenters. The summed E-state index contributed by atoms with van der Waals surface area (Å²) in [6, 6.07) is 4.07. The number of nitrogens with two attached hydrogens (primary N) is 1. The minimum Gasteiger partial charge on any atom is -0.358 e. The van der Waals surface area contributed by atoms with Crippen molar-refractivity contribution in [3.8, 4) is 0 Å². The van der Waals surface area contributed by atoms with Crippen LogP contribution in [0.3, 0.4) is 0 Å². The largest absolute Gasteiger partial charge is 0.358 e. The molecule has 16 heavy (non-hydrogen) atoms. The molecule has 90 valence electrons. The topological polar surface area (TPSA) is 45.4 Å². The van der Waals surface area contributed by atoms with Crippen molar-refractivity contribution in [2.45, 2.75) is 6.42 Å². The highest BCUT2D eigenvalue weighted by molar-refractivity contribution is 5.46. The van der Waals surface area contributed by atoms with Crippen molar-refractivity contribution in [3.63, 3.8) is 0 Å². The van der Waals surface area contributed by atoms with E-state index in [1.165, 1.54) is 5.56 Å². The van der Waals surface area contributed by atoms with Gasteiger partial charge in [0.25, 0.3) is 0 Å². The molecule has 1 heterocycles. The van der Waals surface area contributed by atoms with Gasteiger partial charge < -0.3 is 15.5 Å². The summed E-state index contributed by atoms with van der Waals surface area (Å²) in [6.07, 6.45) is 2.72. The zero-order valence-electron chi connectivity index (χ0n) is 10.5. The van der Waals surface area contributed by atoms with Crippen LogP contribution in [0.25, 0.3) is 0 Å². The maximum Gasteiger partial charge on any atom is 0.131 e. The Morgan fingerprint density at radius 3 is 2.62 bits per heavy atom. The first-order valence-electron chi connectivity index (χ1n) is 5.65. The highest BCUT2D eigenvalue weighted by Crippen LogP contribution is 2.15. The first-order valence-corrected chi connectivity index (χ1v) is 5.65. The number of hydrogen-bond donors (Lipinski definition) is 1. The van der Waals surface area contributed by atoms with E-state index in [2.05, 4.69) is 42.0 Å². The fraction of sp³-hybridized carbons (Fsp3) is 0.583. The molecule has 0 aromatic carbocycles. The van der Waals surface area contributed by atoms with Crippen LogP contribution in [0, 0.1) is 0 Å². The van der Waals surface area contributed by atoms with E-state index < -0.39 is 0 Å². The number of aromatic nitrogens is 1. The van der Waals surface area contributed by atoms with Crippen LogP contribution < -0.4 is 10.6 Å². The SMILES string of the molecule is CN(C)CCN(C)c1ncccc1CCN. The maximum absolute atomic E-state index is 5.60. The van der Waals surface area contributed by atoms with Crippen molar-refractivity contribution in [2.24, 2.45) is 5.73 Å². The summed E-state index contributed by atoms with van der Waals surface area (Å²) in [5.41, 5.74) is 6.83. The van der Waals surface area contributed by atoms with Crippen LogP contribution in [0.15, 0.2) is 18.3 Å². The van der Waals surface area contributed by atoms with Crippen molar-refractivity contribution in [1.29, 1.82) is 0 Å². The van der Waals surface area contributed by atoms with Crippen molar-refractivity contribution in [2.75, 3.05) is 45.7 Å². The fourth-order valence-corrected chi connectivity index (χ4v) is 1.58. The van der Waals surface area contributed by atoms with E-state index >= 15 is 0 Å². The molecule has 0 aliphatic rings. The predicted octanol–water partition coefficient (Wildman–Crippen LogP) is 0.581. The highest BCUT2D eigenvalue weighted by Gasteiger charge is 2.07. The van der Waals surface area contributed by atoms with Gasteiger partial charge in [0.05, 0.1) is 0 Å².